The normalized spacial score (nSPS) is 26.4. The van der Waals surface area contributed by atoms with Crippen LogP contribution in [0.1, 0.15) is 6.92 Å². The van der Waals surface area contributed by atoms with Crippen LogP contribution in [0.2, 0.25) is 0 Å². The molecule has 0 aromatic rings. The molecule has 2 N–H and O–H groups in total. The number of alkyl halides is 1. The third-order valence-electron chi connectivity index (χ3n) is 3.18. The van der Waals surface area contributed by atoms with Crippen LogP contribution < -0.4 is 5.73 Å². The van der Waals surface area contributed by atoms with Gasteiger partial charge in [0.2, 0.25) is 5.91 Å². The number of esters is 1. The molecule has 0 aromatic carbocycles. The van der Waals surface area contributed by atoms with Gasteiger partial charge in [-0.1, -0.05) is 6.08 Å². The number of urea groups is 1. The molecule has 0 radical (unpaired) electrons. The highest BCUT2D eigenvalue weighted by molar-refractivity contribution is 5.90. The molecule has 0 aromatic heterocycles. The Labute approximate surface area is 113 Å². The lowest BCUT2D eigenvalue weighted by atomic mass is 10.0. The number of nitrogens with zero attached hydrogens (tertiary/aromatic N) is 2. The summed E-state index contributed by atoms with van der Waals surface area (Å²) in [5.41, 5.74) is 5.81. The van der Waals surface area contributed by atoms with Gasteiger partial charge < -0.3 is 15.4 Å². The zero-order valence-corrected chi connectivity index (χ0v) is 10.9. The van der Waals surface area contributed by atoms with E-state index in [-0.39, 0.29) is 6.54 Å². The molecular formula is C11H14FN3O5. The van der Waals surface area contributed by atoms with Crippen LogP contribution in [-0.2, 0) is 19.2 Å². The molecule has 2 rings (SSSR count). The molecule has 3 amide bonds. The Balaban J connectivity index is 2.18. The fourth-order valence-corrected chi connectivity index (χ4v) is 2.34. The second-order valence-electron chi connectivity index (χ2n) is 4.49. The van der Waals surface area contributed by atoms with Gasteiger partial charge in [-0.2, -0.15) is 5.06 Å². The molecule has 2 aliphatic heterocycles. The monoisotopic (exact) mass is 287 g/mol. The van der Waals surface area contributed by atoms with Gasteiger partial charge in [0.25, 0.3) is 0 Å². The lowest BCUT2D eigenvalue weighted by Gasteiger charge is -2.27. The molecule has 1 unspecified atom stereocenters. The van der Waals surface area contributed by atoms with Crippen LogP contribution >= 0.6 is 0 Å². The largest absolute Gasteiger partial charge is 0.465 e. The summed E-state index contributed by atoms with van der Waals surface area (Å²) in [6, 6.07) is -2.19. The van der Waals surface area contributed by atoms with E-state index in [1.165, 1.54) is 4.90 Å². The second-order valence-corrected chi connectivity index (χ2v) is 4.49. The Bertz CT molecular complexity index is 494. The average Bonchev–Trinajstić information content (AvgIpc) is 2.62. The molecule has 2 bridgehead atoms. The number of primary amides is 1. The fourth-order valence-electron chi connectivity index (χ4n) is 2.34. The fraction of sp³-hybridized carbons (Fsp3) is 0.545. The van der Waals surface area contributed by atoms with Crippen molar-refractivity contribution >= 4 is 17.9 Å². The third-order valence-corrected chi connectivity index (χ3v) is 3.18. The summed E-state index contributed by atoms with van der Waals surface area (Å²) < 4.78 is 17.6. The molecule has 9 heteroatoms. The van der Waals surface area contributed by atoms with Gasteiger partial charge in [0, 0.05) is 0 Å². The maximum atomic E-state index is 13.4. The molecule has 8 nitrogen and oxygen atoms in total. The number of carbonyl (C=O) groups excluding carboxylic acids is 3. The first-order chi connectivity index (χ1) is 9.36. The van der Waals surface area contributed by atoms with Crippen LogP contribution in [0.3, 0.4) is 0 Å². The van der Waals surface area contributed by atoms with E-state index in [1.54, 1.807) is 13.0 Å². The molecule has 1 saturated heterocycles. The van der Waals surface area contributed by atoms with Crippen molar-refractivity contribution in [1.29, 1.82) is 0 Å². The summed E-state index contributed by atoms with van der Waals surface area (Å²) in [5.74, 6) is -1.93. The number of fused-ring (bicyclic) bond motifs is 2. The predicted octanol–water partition coefficient (Wildman–Crippen LogP) is -0.693. The van der Waals surface area contributed by atoms with Crippen molar-refractivity contribution in [2.24, 2.45) is 5.73 Å². The Morgan fingerprint density at radius 3 is 2.75 bits per heavy atom. The lowest BCUT2D eigenvalue weighted by molar-refractivity contribution is -0.221. The lowest BCUT2D eigenvalue weighted by Crippen LogP contribution is -2.48. The topological polar surface area (TPSA) is 102 Å². The number of carbonyl (C=O) groups is 3. The number of nitrogens with two attached hydrogens (primary N) is 1. The first kappa shape index (κ1) is 14.3. The molecule has 3 atom stereocenters. The minimum atomic E-state index is -2.41. The van der Waals surface area contributed by atoms with E-state index in [4.69, 9.17) is 5.73 Å². The molecule has 0 spiro atoms. The number of methoxy groups -OCH3 is 1. The number of hydrogen-bond acceptors (Lipinski definition) is 5. The first-order valence-corrected chi connectivity index (χ1v) is 5.83. The van der Waals surface area contributed by atoms with Gasteiger partial charge in [-0.3, -0.25) is 4.79 Å². The van der Waals surface area contributed by atoms with E-state index in [0.717, 1.165) is 7.11 Å². The van der Waals surface area contributed by atoms with Crippen LogP contribution in [0.15, 0.2) is 11.6 Å². The van der Waals surface area contributed by atoms with Crippen molar-refractivity contribution in [2.45, 2.75) is 25.4 Å². The van der Waals surface area contributed by atoms with Crippen LogP contribution in [0, 0.1) is 0 Å². The van der Waals surface area contributed by atoms with E-state index >= 15 is 0 Å². The van der Waals surface area contributed by atoms with Crippen LogP contribution in [-0.4, -0.2) is 60.0 Å². The maximum absolute atomic E-state index is 13.4. The standard InChI is InChI=1S/C11H14FN3O5/c1-5-3-6-4-14(7(5)9(13)16)11(18)15(6)20-8(12)10(17)19-2/h3,6-8H,4H2,1-2H3,(H2,13,16)/t6?,7-,8-/m0/s1. The van der Waals surface area contributed by atoms with Gasteiger partial charge in [0.15, 0.2) is 0 Å². The van der Waals surface area contributed by atoms with Crippen molar-refractivity contribution in [1.82, 2.24) is 9.96 Å². The summed E-state index contributed by atoms with van der Waals surface area (Å²) in [6.07, 6.45) is -0.828. The molecule has 0 saturated carbocycles. The zero-order chi connectivity index (χ0) is 15.0. The SMILES string of the molecule is COC(=O)[C@@H](F)ON1C(=O)N2CC1C=C(C)[C@H]2C(N)=O. The maximum Gasteiger partial charge on any atom is 0.370 e. The van der Waals surface area contributed by atoms with Crippen LogP contribution in [0.4, 0.5) is 9.18 Å². The average molecular weight is 287 g/mol. The van der Waals surface area contributed by atoms with E-state index in [2.05, 4.69) is 9.57 Å². The predicted molar refractivity (Wildman–Crippen MR) is 62.5 cm³/mol. The van der Waals surface area contributed by atoms with Crippen molar-refractivity contribution in [3.05, 3.63) is 11.6 Å². The van der Waals surface area contributed by atoms with Crippen molar-refractivity contribution < 1.29 is 28.3 Å². The van der Waals surface area contributed by atoms with E-state index in [1.807, 2.05) is 0 Å². The van der Waals surface area contributed by atoms with Gasteiger partial charge in [-0.25, -0.2) is 18.8 Å². The molecular weight excluding hydrogens is 273 g/mol. The Morgan fingerprint density at radius 1 is 1.55 bits per heavy atom. The van der Waals surface area contributed by atoms with E-state index in [9.17, 15) is 18.8 Å². The minimum Gasteiger partial charge on any atom is -0.465 e. The Hall–Kier alpha value is -2.16. The van der Waals surface area contributed by atoms with E-state index < -0.39 is 36.3 Å². The molecule has 0 aliphatic carbocycles. The highest BCUT2D eigenvalue weighted by Gasteiger charge is 2.48. The van der Waals surface area contributed by atoms with Crippen molar-refractivity contribution in [2.75, 3.05) is 13.7 Å². The van der Waals surface area contributed by atoms with Gasteiger partial charge in [0.05, 0.1) is 19.7 Å². The number of amides is 3. The zero-order valence-electron chi connectivity index (χ0n) is 10.9. The smallest absolute Gasteiger partial charge is 0.370 e. The molecule has 2 heterocycles. The first-order valence-electron chi connectivity index (χ1n) is 5.83. The summed E-state index contributed by atoms with van der Waals surface area (Å²) in [5, 5.41) is 0.716. The van der Waals surface area contributed by atoms with Crippen LogP contribution in [0.25, 0.3) is 0 Å². The van der Waals surface area contributed by atoms with Gasteiger partial charge in [-0.05, 0) is 12.5 Å². The number of halogens is 1. The second kappa shape index (κ2) is 5.08. The molecule has 1 fully saturated rings. The third kappa shape index (κ3) is 2.20. The van der Waals surface area contributed by atoms with Gasteiger partial charge >= 0.3 is 18.4 Å². The molecule has 2 aliphatic rings. The summed E-state index contributed by atoms with van der Waals surface area (Å²) >= 11 is 0. The molecule has 110 valence electrons. The summed E-state index contributed by atoms with van der Waals surface area (Å²) in [4.78, 5) is 40.2. The minimum absolute atomic E-state index is 0.137. The Kier molecular flexibility index (Phi) is 3.62. The highest BCUT2D eigenvalue weighted by atomic mass is 19.1. The van der Waals surface area contributed by atoms with E-state index in [0.29, 0.717) is 10.6 Å². The van der Waals surface area contributed by atoms with Gasteiger partial charge in [0.1, 0.15) is 6.04 Å². The van der Waals surface area contributed by atoms with Crippen molar-refractivity contribution in [3.8, 4) is 0 Å². The van der Waals surface area contributed by atoms with Gasteiger partial charge in [-0.15, -0.1) is 0 Å². The number of hydrogen-bond donors (Lipinski definition) is 1. The summed E-state index contributed by atoms with van der Waals surface area (Å²) in [6.45, 7) is 1.77. The summed E-state index contributed by atoms with van der Waals surface area (Å²) in [7, 11) is 0.999. The highest BCUT2D eigenvalue weighted by Crippen LogP contribution is 2.29. The quantitative estimate of drug-likeness (QED) is 0.544. The number of rotatable bonds is 4. The number of hydroxylamine groups is 2. The Morgan fingerprint density at radius 2 is 2.20 bits per heavy atom. The molecule has 20 heavy (non-hydrogen) atoms. The number of ether oxygens (including phenoxy) is 1. The van der Waals surface area contributed by atoms with Crippen LogP contribution in [0.5, 0.6) is 0 Å². The van der Waals surface area contributed by atoms with Crippen molar-refractivity contribution in [3.63, 3.8) is 0 Å².